The van der Waals surface area contributed by atoms with Crippen molar-refractivity contribution in [1.29, 1.82) is 0 Å². The molecule has 4 rings (SSSR count). The van der Waals surface area contributed by atoms with E-state index in [4.69, 9.17) is 0 Å². The SMILES string of the molecule is O=C1c2ccccc2C(=O)N1CCN1CCCC(N2CCNCC2=O)C1. The standard InChI is InChI=1S/C19H24N4O3/c24-17-12-20-7-9-22(17)14-4-3-8-21(13-14)10-11-23-18(25)15-5-1-2-6-16(15)19(23)26/h1-2,5-6,14,20H,3-4,7-13H2. The summed E-state index contributed by atoms with van der Waals surface area (Å²) in [4.78, 5) is 42.7. The molecule has 0 aliphatic carbocycles. The van der Waals surface area contributed by atoms with E-state index in [9.17, 15) is 14.4 Å². The number of piperazine rings is 1. The van der Waals surface area contributed by atoms with E-state index < -0.39 is 0 Å². The molecule has 1 unspecified atom stereocenters. The molecule has 2 saturated heterocycles. The Labute approximate surface area is 152 Å². The quantitative estimate of drug-likeness (QED) is 0.779. The van der Waals surface area contributed by atoms with Crippen molar-refractivity contribution in [1.82, 2.24) is 20.0 Å². The summed E-state index contributed by atoms with van der Waals surface area (Å²) in [6.07, 6.45) is 2.05. The van der Waals surface area contributed by atoms with E-state index in [2.05, 4.69) is 10.2 Å². The van der Waals surface area contributed by atoms with Crippen LogP contribution in [0.25, 0.3) is 0 Å². The zero-order valence-electron chi connectivity index (χ0n) is 14.8. The van der Waals surface area contributed by atoms with Gasteiger partial charge < -0.3 is 10.2 Å². The van der Waals surface area contributed by atoms with Gasteiger partial charge in [-0.25, -0.2) is 0 Å². The summed E-state index contributed by atoms with van der Waals surface area (Å²) in [6, 6.07) is 7.23. The highest BCUT2D eigenvalue weighted by Gasteiger charge is 2.36. The number of imide groups is 1. The van der Waals surface area contributed by atoms with Gasteiger partial charge in [0.15, 0.2) is 0 Å². The number of likely N-dealkylation sites (tertiary alicyclic amines) is 1. The van der Waals surface area contributed by atoms with E-state index in [1.54, 1.807) is 24.3 Å². The van der Waals surface area contributed by atoms with Crippen LogP contribution in [0.15, 0.2) is 24.3 Å². The lowest BCUT2D eigenvalue weighted by Crippen LogP contribution is -2.57. The number of fused-ring (bicyclic) bond motifs is 1. The molecule has 7 nitrogen and oxygen atoms in total. The first-order chi connectivity index (χ1) is 12.6. The monoisotopic (exact) mass is 356 g/mol. The van der Waals surface area contributed by atoms with Crippen LogP contribution in [0.1, 0.15) is 33.6 Å². The minimum Gasteiger partial charge on any atom is -0.336 e. The summed E-state index contributed by atoms with van der Waals surface area (Å²) in [5, 5.41) is 3.11. The number of piperidine rings is 1. The van der Waals surface area contributed by atoms with Gasteiger partial charge in [-0.1, -0.05) is 12.1 Å². The molecule has 3 amide bonds. The number of nitrogens with zero attached hydrogens (tertiary/aromatic N) is 3. The molecule has 0 radical (unpaired) electrons. The second-order valence-corrected chi connectivity index (χ2v) is 7.17. The number of benzene rings is 1. The zero-order chi connectivity index (χ0) is 18.1. The van der Waals surface area contributed by atoms with E-state index in [1.807, 2.05) is 4.90 Å². The maximum absolute atomic E-state index is 12.5. The van der Waals surface area contributed by atoms with Crippen molar-refractivity contribution in [3.8, 4) is 0 Å². The molecule has 7 heteroatoms. The van der Waals surface area contributed by atoms with Crippen molar-refractivity contribution in [2.75, 3.05) is 45.8 Å². The van der Waals surface area contributed by atoms with Crippen LogP contribution in [0.5, 0.6) is 0 Å². The number of nitrogens with one attached hydrogen (secondary N) is 1. The average molecular weight is 356 g/mol. The Bertz CT molecular complexity index is 700. The highest BCUT2D eigenvalue weighted by molar-refractivity contribution is 6.21. The molecule has 1 aromatic rings. The Hall–Kier alpha value is -2.25. The zero-order valence-corrected chi connectivity index (χ0v) is 14.8. The molecule has 1 atom stereocenters. The van der Waals surface area contributed by atoms with Crippen LogP contribution in [0, 0.1) is 0 Å². The smallest absolute Gasteiger partial charge is 0.261 e. The van der Waals surface area contributed by atoms with Crippen molar-refractivity contribution >= 4 is 17.7 Å². The average Bonchev–Trinajstić information content (AvgIpc) is 2.91. The van der Waals surface area contributed by atoms with Crippen LogP contribution in [0.3, 0.4) is 0 Å². The van der Waals surface area contributed by atoms with E-state index in [-0.39, 0.29) is 23.8 Å². The Kier molecular flexibility index (Phi) is 4.74. The van der Waals surface area contributed by atoms with Gasteiger partial charge in [-0.2, -0.15) is 0 Å². The van der Waals surface area contributed by atoms with Crippen molar-refractivity contribution in [2.45, 2.75) is 18.9 Å². The number of amides is 3. The topological polar surface area (TPSA) is 73.0 Å². The first-order valence-electron chi connectivity index (χ1n) is 9.33. The number of rotatable bonds is 4. The predicted octanol–water partition coefficient (Wildman–Crippen LogP) is 0.179. The van der Waals surface area contributed by atoms with Crippen LogP contribution >= 0.6 is 0 Å². The number of hydrogen-bond acceptors (Lipinski definition) is 5. The van der Waals surface area contributed by atoms with Crippen LogP contribution in [-0.2, 0) is 4.79 Å². The number of carbonyl (C=O) groups is 3. The largest absolute Gasteiger partial charge is 0.336 e. The van der Waals surface area contributed by atoms with E-state index >= 15 is 0 Å². The molecule has 1 N–H and O–H groups in total. The Morgan fingerprint density at radius 2 is 1.73 bits per heavy atom. The minimum absolute atomic E-state index is 0.170. The van der Waals surface area contributed by atoms with Gasteiger partial charge in [-0.15, -0.1) is 0 Å². The van der Waals surface area contributed by atoms with Crippen LogP contribution in [0.4, 0.5) is 0 Å². The molecule has 1 aromatic carbocycles. The first-order valence-corrected chi connectivity index (χ1v) is 9.33. The van der Waals surface area contributed by atoms with E-state index in [1.165, 1.54) is 4.90 Å². The highest BCUT2D eigenvalue weighted by Crippen LogP contribution is 2.23. The van der Waals surface area contributed by atoms with Crippen molar-refractivity contribution in [3.63, 3.8) is 0 Å². The lowest BCUT2D eigenvalue weighted by atomic mass is 10.0. The van der Waals surface area contributed by atoms with Gasteiger partial charge in [0.2, 0.25) is 5.91 Å². The lowest BCUT2D eigenvalue weighted by Gasteiger charge is -2.41. The van der Waals surface area contributed by atoms with Gasteiger partial charge >= 0.3 is 0 Å². The Morgan fingerprint density at radius 3 is 2.42 bits per heavy atom. The molecule has 0 aromatic heterocycles. The minimum atomic E-state index is -0.198. The summed E-state index contributed by atoms with van der Waals surface area (Å²) in [7, 11) is 0. The van der Waals surface area contributed by atoms with Crippen LogP contribution < -0.4 is 5.32 Å². The normalized spacial score (nSPS) is 24.3. The molecule has 3 heterocycles. The molecule has 26 heavy (non-hydrogen) atoms. The second kappa shape index (κ2) is 7.17. The number of carbonyl (C=O) groups excluding carboxylic acids is 3. The van der Waals surface area contributed by atoms with Crippen LogP contribution in [0.2, 0.25) is 0 Å². The molecule has 3 aliphatic rings. The van der Waals surface area contributed by atoms with E-state index in [0.29, 0.717) is 30.8 Å². The highest BCUT2D eigenvalue weighted by atomic mass is 16.2. The molecular weight excluding hydrogens is 332 g/mol. The third-order valence-corrected chi connectivity index (χ3v) is 5.57. The van der Waals surface area contributed by atoms with Gasteiger partial charge in [0.05, 0.1) is 17.7 Å². The lowest BCUT2D eigenvalue weighted by molar-refractivity contribution is -0.135. The molecule has 0 bridgehead atoms. The van der Waals surface area contributed by atoms with Crippen molar-refractivity contribution < 1.29 is 14.4 Å². The molecular formula is C19H24N4O3. The fourth-order valence-corrected chi connectivity index (χ4v) is 4.18. The van der Waals surface area contributed by atoms with Gasteiger partial charge in [0.25, 0.3) is 11.8 Å². The summed E-state index contributed by atoms with van der Waals surface area (Å²) in [5.74, 6) is -0.226. The summed E-state index contributed by atoms with van der Waals surface area (Å²) < 4.78 is 0. The Balaban J connectivity index is 1.36. The molecule has 0 saturated carbocycles. The van der Waals surface area contributed by atoms with Gasteiger partial charge in [-0.3, -0.25) is 24.2 Å². The predicted molar refractivity (Wildman–Crippen MR) is 95.9 cm³/mol. The van der Waals surface area contributed by atoms with Gasteiger partial charge in [0.1, 0.15) is 0 Å². The van der Waals surface area contributed by atoms with Gasteiger partial charge in [0, 0.05) is 38.8 Å². The molecule has 3 aliphatic heterocycles. The van der Waals surface area contributed by atoms with E-state index in [0.717, 1.165) is 39.0 Å². The third kappa shape index (κ3) is 3.12. The summed E-state index contributed by atoms with van der Waals surface area (Å²) in [6.45, 7) is 4.84. The number of hydrogen-bond donors (Lipinski definition) is 1. The first kappa shape index (κ1) is 17.2. The van der Waals surface area contributed by atoms with Gasteiger partial charge in [-0.05, 0) is 31.5 Å². The molecule has 138 valence electrons. The summed E-state index contributed by atoms with van der Waals surface area (Å²) >= 11 is 0. The third-order valence-electron chi connectivity index (χ3n) is 5.57. The molecule has 0 spiro atoms. The van der Waals surface area contributed by atoms with Crippen molar-refractivity contribution in [2.24, 2.45) is 0 Å². The second-order valence-electron chi connectivity index (χ2n) is 7.17. The molecule has 2 fully saturated rings. The van der Waals surface area contributed by atoms with Crippen LogP contribution in [-0.4, -0.2) is 84.3 Å². The fraction of sp³-hybridized carbons (Fsp3) is 0.526. The fourth-order valence-electron chi connectivity index (χ4n) is 4.18. The Morgan fingerprint density at radius 1 is 1.00 bits per heavy atom. The van der Waals surface area contributed by atoms with Crippen molar-refractivity contribution in [3.05, 3.63) is 35.4 Å². The maximum atomic E-state index is 12.5. The summed E-state index contributed by atoms with van der Waals surface area (Å²) in [5.41, 5.74) is 1.00. The maximum Gasteiger partial charge on any atom is 0.261 e.